The average Bonchev–Trinajstić information content (AvgIpc) is 3.55. The number of fused-ring (bicyclic) bond motifs is 1. The fraction of sp³-hybridized carbons (Fsp3) is 0.286. The van der Waals surface area contributed by atoms with Crippen LogP contribution >= 0.6 is 11.6 Å². The van der Waals surface area contributed by atoms with Gasteiger partial charge in [0.1, 0.15) is 57.7 Å². The van der Waals surface area contributed by atoms with Crippen molar-refractivity contribution in [2.75, 3.05) is 17.3 Å². The molecule has 5 rings (SSSR count). The Balaban J connectivity index is 1.31. The van der Waals surface area contributed by atoms with Gasteiger partial charge in [0.25, 0.3) is 0 Å². The van der Waals surface area contributed by atoms with Crippen molar-refractivity contribution in [2.24, 2.45) is 0 Å². The molecular formula is C35H36ClFN4O6S. The van der Waals surface area contributed by atoms with Gasteiger partial charge in [0.05, 0.1) is 16.3 Å². The Labute approximate surface area is 283 Å². The van der Waals surface area contributed by atoms with E-state index in [0.29, 0.717) is 62.2 Å². The summed E-state index contributed by atoms with van der Waals surface area (Å²) >= 11 is 6.50. The van der Waals surface area contributed by atoms with Gasteiger partial charge in [-0.25, -0.2) is 22.8 Å². The molecule has 0 aliphatic rings. The monoisotopic (exact) mass is 694 g/mol. The van der Waals surface area contributed by atoms with Crippen LogP contribution in [0.15, 0.2) is 83.5 Å². The first-order chi connectivity index (χ1) is 23.1. The predicted molar refractivity (Wildman–Crippen MR) is 183 cm³/mol. The molecule has 3 aromatic carbocycles. The Morgan fingerprint density at radius 1 is 1.02 bits per heavy atom. The first kappa shape index (κ1) is 34.8. The number of nitrogens with one attached hydrogen (secondary N) is 2. The third-order valence-corrected chi connectivity index (χ3v) is 8.62. The Bertz CT molecular complexity index is 1990. The fourth-order valence-corrected chi connectivity index (χ4v) is 6.06. The number of ether oxygens (including phenoxy) is 1. The number of hydroxylamine groups is 1. The largest absolute Gasteiger partial charge is 0.487 e. The maximum Gasteiger partial charge on any atom is 0.324 e. The molecule has 0 aliphatic carbocycles. The molecule has 0 spiro atoms. The van der Waals surface area contributed by atoms with Crippen molar-refractivity contribution in [3.63, 3.8) is 0 Å². The van der Waals surface area contributed by atoms with Gasteiger partial charge in [0, 0.05) is 29.3 Å². The van der Waals surface area contributed by atoms with Crippen molar-refractivity contribution < 1.29 is 31.6 Å². The lowest BCUT2D eigenvalue weighted by atomic mass is 10.1. The standard InChI is InChI=1S/C35H36ClFN4O6S/c1-3-4-5-6-10-34(42)47-41-30(21-48(2,43)44)33-16-15-31(46-33)24-11-13-29-27(18-24)35(39-22-38-29)40-26-12-14-32(28(36)19-26)45-20-23-8-7-9-25(37)17-23/h7-9,11-19,22,30,41H,3-6,10,20-21H2,1-2H3,(H,38,39,40)/t30-/m1/s1. The number of unbranched alkanes of at least 4 members (excludes halogenated alkanes) is 3. The lowest BCUT2D eigenvalue weighted by molar-refractivity contribution is -0.153. The second-order valence-electron chi connectivity index (χ2n) is 11.4. The van der Waals surface area contributed by atoms with Crippen LogP contribution in [0.25, 0.3) is 22.2 Å². The van der Waals surface area contributed by atoms with Crippen molar-refractivity contribution in [3.05, 3.63) is 101 Å². The number of furan rings is 1. The molecule has 0 unspecified atom stereocenters. The lowest BCUT2D eigenvalue weighted by Crippen LogP contribution is -2.30. The Hall–Kier alpha value is -4.52. The molecule has 0 fully saturated rings. The molecule has 0 saturated carbocycles. The molecule has 1 atom stereocenters. The number of halogens is 2. The highest BCUT2D eigenvalue weighted by atomic mass is 35.5. The maximum atomic E-state index is 13.5. The molecule has 5 aromatic rings. The summed E-state index contributed by atoms with van der Waals surface area (Å²) < 4.78 is 49.8. The first-order valence-corrected chi connectivity index (χ1v) is 17.9. The fourth-order valence-electron chi connectivity index (χ4n) is 4.99. The molecule has 0 bridgehead atoms. The van der Waals surface area contributed by atoms with E-state index in [4.69, 9.17) is 25.6 Å². The Morgan fingerprint density at radius 2 is 1.88 bits per heavy atom. The Kier molecular flexibility index (Phi) is 11.6. The summed E-state index contributed by atoms with van der Waals surface area (Å²) in [5.41, 5.74) is 5.30. The highest BCUT2D eigenvalue weighted by Crippen LogP contribution is 2.33. The van der Waals surface area contributed by atoms with Gasteiger partial charge in [-0.05, 0) is 72.6 Å². The number of hydrogen-bond acceptors (Lipinski definition) is 10. The van der Waals surface area contributed by atoms with Crippen LogP contribution in [-0.2, 0) is 26.1 Å². The van der Waals surface area contributed by atoms with Gasteiger partial charge in [-0.1, -0.05) is 49.9 Å². The first-order valence-electron chi connectivity index (χ1n) is 15.5. The molecule has 252 valence electrons. The molecular weight excluding hydrogens is 659 g/mol. The van der Waals surface area contributed by atoms with E-state index in [9.17, 15) is 17.6 Å². The second-order valence-corrected chi connectivity index (χ2v) is 14.0. The van der Waals surface area contributed by atoms with Gasteiger partial charge in [-0.15, -0.1) is 5.48 Å². The van der Waals surface area contributed by atoms with E-state index < -0.39 is 21.8 Å². The average molecular weight is 695 g/mol. The number of carbonyl (C=O) groups excluding carboxylic acids is 1. The van der Waals surface area contributed by atoms with Crippen LogP contribution in [0.5, 0.6) is 5.75 Å². The van der Waals surface area contributed by atoms with Gasteiger partial charge in [0.2, 0.25) is 0 Å². The summed E-state index contributed by atoms with van der Waals surface area (Å²) in [6, 6.07) is 19.3. The van der Waals surface area contributed by atoms with Crippen LogP contribution in [0.2, 0.25) is 5.02 Å². The third-order valence-electron chi connectivity index (χ3n) is 7.39. The molecule has 13 heteroatoms. The van der Waals surface area contributed by atoms with Crippen LogP contribution in [0.3, 0.4) is 0 Å². The van der Waals surface area contributed by atoms with Gasteiger partial charge in [-0.2, -0.15) is 0 Å². The topological polar surface area (TPSA) is 133 Å². The van der Waals surface area contributed by atoms with Crippen molar-refractivity contribution >= 4 is 49.8 Å². The highest BCUT2D eigenvalue weighted by molar-refractivity contribution is 7.90. The van der Waals surface area contributed by atoms with Crippen LogP contribution in [0.1, 0.15) is 56.4 Å². The number of sulfone groups is 1. The molecule has 0 amide bonds. The molecule has 10 nitrogen and oxygen atoms in total. The smallest absolute Gasteiger partial charge is 0.324 e. The second kappa shape index (κ2) is 16.1. The quantitative estimate of drug-likeness (QED) is 0.0771. The number of nitrogens with zero attached hydrogens (tertiary/aromatic N) is 2. The number of rotatable bonds is 16. The highest BCUT2D eigenvalue weighted by Gasteiger charge is 2.23. The Morgan fingerprint density at radius 3 is 2.65 bits per heavy atom. The molecule has 0 saturated heterocycles. The summed E-state index contributed by atoms with van der Waals surface area (Å²) in [6.07, 6.45) is 6.48. The predicted octanol–water partition coefficient (Wildman–Crippen LogP) is 8.11. The van der Waals surface area contributed by atoms with E-state index in [1.807, 2.05) is 18.2 Å². The molecule has 2 heterocycles. The molecule has 0 radical (unpaired) electrons. The molecule has 0 aliphatic heterocycles. The zero-order valence-corrected chi connectivity index (χ0v) is 28.1. The van der Waals surface area contributed by atoms with Crippen LogP contribution in [0, 0.1) is 5.82 Å². The lowest BCUT2D eigenvalue weighted by Gasteiger charge is -2.15. The summed E-state index contributed by atoms with van der Waals surface area (Å²) in [6.45, 7) is 2.25. The van der Waals surface area contributed by atoms with E-state index >= 15 is 0 Å². The van der Waals surface area contributed by atoms with Crippen molar-refractivity contribution in [3.8, 4) is 17.1 Å². The zero-order valence-electron chi connectivity index (χ0n) is 26.5. The van der Waals surface area contributed by atoms with Crippen molar-refractivity contribution in [1.82, 2.24) is 15.4 Å². The van der Waals surface area contributed by atoms with E-state index in [1.54, 1.807) is 42.5 Å². The number of benzene rings is 3. The maximum absolute atomic E-state index is 13.5. The van der Waals surface area contributed by atoms with Gasteiger partial charge >= 0.3 is 5.97 Å². The van der Waals surface area contributed by atoms with Crippen molar-refractivity contribution in [1.29, 1.82) is 0 Å². The number of aromatic nitrogens is 2. The van der Waals surface area contributed by atoms with Crippen LogP contribution in [-0.4, -0.2) is 36.4 Å². The normalized spacial score (nSPS) is 12.2. The van der Waals surface area contributed by atoms with E-state index in [2.05, 4.69) is 27.7 Å². The van der Waals surface area contributed by atoms with Gasteiger partial charge in [0.15, 0.2) is 0 Å². The van der Waals surface area contributed by atoms with E-state index in [-0.39, 0.29) is 24.6 Å². The third kappa shape index (κ3) is 9.75. The summed E-state index contributed by atoms with van der Waals surface area (Å²) in [5.74, 6) is 0.592. The van der Waals surface area contributed by atoms with Gasteiger partial charge < -0.3 is 19.3 Å². The summed E-state index contributed by atoms with van der Waals surface area (Å²) in [7, 11) is -3.46. The van der Waals surface area contributed by atoms with Gasteiger partial charge in [-0.3, -0.25) is 4.79 Å². The summed E-state index contributed by atoms with van der Waals surface area (Å²) in [4.78, 5) is 26.3. The minimum Gasteiger partial charge on any atom is -0.487 e. The summed E-state index contributed by atoms with van der Waals surface area (Å²) in [5, 5.41) is 4.33. The number of hydrogen-bond donors (Lipinski definition) is 2. The zero-order chi connectivity index (χ0) is 34.1. The van der Waals surface area contributed by atoms with Crippen molar-refractivity contribution in [2.45, 2.75) is 51.7 Å². The van der Waals surface area contributed by atoms with Crippen LogP contribution in [0.4, 0.5) is 15.9 Å². The van der Waals surface area contributed by atoms with Crippen LogP contribution < -0.4 is 15.5 Å². The molecule has 2 N–H and O–H groups in total. The number of anilines is 2. The van der Waals surface area contributed by atoms with E-state index in [1.165, 1.54) is 18.5 Å². The minimum atomic E-state index is -3.46. The minimum absolute atomic E-state index is 0.160. The number of carbonyl (C=O) groups is 1. The SMILES string of the molecule is CCCCCCC(=O)ON[C@H](CS(C)(=O)=O)c1ccc(-c2ccc3ncnc(Nc4ccc(OCc5cccc(F)c5)c(Cl)c4)c3c2)o1. The molecule has 2 aromatic heterocycles. The van der Waals surface area contributed by atoms with E-state index in [0.717, 1.165) is 25.5 Å². The molecule has 48 heavy (non-hydrogen) atoms.